The lowest BCUT2D eigenvalue weighted by Gasteiger charge is -2.34. The summed E-state index contributed by atoms with van der Waals surface area (Å²) in [7, 11) is 1.30. The molecule has 2 aliphatic heterocycles. The van der Waals surface area contributed by atoms with Crippen LogP contribution in [0.2, 0.25) is 0 Å². The van der Waals surface area contributed by atoms with Crippen LogP contribution >= 0.6 is 0 Å². The molecule has 0 spiro atoms. The molecule has 1 saturated carbocycles. The van der Waals surface area contributed by atoms with E-state index >= 15 is 0 Å². The van der Waals surface area contributed by atoms with Gasteiger partial charge in [0.05, 0.1) is 18.8 Å². The first-order chi connectivity index (χ1) is 16.8. The number of esters is 1. The minimum Gasteiger partial charge on any atom is -0.467 e. The number of rotatable bonds is 7. The van der Waals surface area contributed by atoms with E-state index in [4.69, 9.17) is 9.47 Å². The van der Waals surface area contributed by atoms with Gasteiger partial charge in [-0.1, -0.05) is 32.1 Å². The van der Waals surface area contributed by atoms with Gasteiger partial charge in [-0.25, -0.2) is 9.59 Å². The van der Waals surface area contributed by atoms with E-state index in [0.717, 1.165) is 25.7 Å². The summed E-state index contributed by atoms with van der Waals surface area (Å²) in [6, 6.07) is -1.93. The Balaban J connectivity index is 1.82. The van der Waals surface area contributed by atoms with Crippen LogP contribution in [0.5, 0.6) is 0 Å². The van der Waals surface area contributed by atoms with E-state index in [1.807, 2.05) is 0 Å². The van der Waals surface area contributed by atoms with E-state index in [1.54, 1.807) is 45.8 Å². The van der Waals surface area contributed by atoms with Gasteiger partial charge in [-0.3, -0.25) is 9.80 Å². The third-order valence-corrected chi connectivity index (χ3v) is 6.96. The zero-order chi connectivity index (χ0) is 26.7. The maximum atomic E-state index is 13.9. The minimum atomic E-state index is -1.14. The van der Waals surface area contributed by atoms with Crippen LogP contribution in [0, 0.1) is 5.92 Å². The molecular formula is C25H43N5O6. The van der Waals surface area contributed by atoms with Crippen LogP contribution in [-0.2, 0) is 19.1 Å². The number of amides is 2. The number of ether oxygens (including phenoxy) is 2. The van der Waals surface area contributed by atoms with Crippen LogP contribution in [0.1, 0.15) is 79.6 Å². The number of likely N-dealkylation sites (tertiary alicyclic amines) is 1. The summed E-state index contributed by atoms with van der Waals surface area (Å²) < 4.78 is 10.5. The lowest BCUT2D eigenvalue weighted by molar-refractivity contribution is -0.151. The Hall–Kier alpha value is -2.53. The average Bonchev–Trinajstić information content (AvgIpc) is 3.44. The number of aliphatic hydroxyl groups is 1. The first kappa shape index (κ1) is 28.0. The van der Waals surface area contributed by atoms with Gasteiger partial charge in [0, 0.05) is 19.2 Å². The molecule has 4 N–H and O–H groups in total. The van der Waals surface area contributed by atoms with Crippen LogP contribution in [0.3, 0.4) is 0 Å². The fourth-order valence-electron chi connectivity index (χ4n) is 5.29. The molecule has 3 atom stereocenters. The summed E-state index contributed by atoms with van der Waals surface area (Å²) in [6.07, 6.45) is 7.21. The highest BCUT2D eigenvalue weighted by Gasteiger charge is 2.47. The van der Waals surface area contributed by atoms with Crippen LogP contribution in [-0.4, -0.2) is 76.0 Å². The Labute approximate surface area is 213 Å². The molecule has 3 aliphatic rings. The maximum Gasteiger partial charge on any atom is 0.408 e. The minimum absolute atomic E-state index is 0.220. The van der Waals surface area contributed by atoms with Crippen molar-refractivity contribution in [3.05, 3.63) is 11.9 Å². The largest absolute Gasteiger partial charge is 0.467 e. The van der Waals surface area contributed by atoms with E-state index in [9.17, 15) is 19.5 Å². The summed E-state index contributed by atoms with van der Waals surface area (Å²) in [4.78, 5) is 40.8. The van der Waals surface area contributed by atoms with E-state index in [0.29, 0.717) is 24.5 Å². The van der Waals surface area contributed by atoms with Gasteiger partial charge in [0.25, 0.3) is 0 Å². The number of carbonyl (C=O) groups excluding carboxylic acids is 3. The second-order valence-corrected chi connectivity index (χ2v) is 11.6. The number of hydrogen-bond acceptors (Lipinski definition) is 9. The van der Waals surface area contributed by atoms with Crippen LogP contribution in [0.4, 0.5) is 4.79 Å². The molecule has 2 fully saturated rings. The van der Waals surface area contributed by atoms with Gasteiger partial charge in [0.15, 0.2) is 0 Å². The summed E-state index contributed by atoms with van der Waals surface area (Å²) in [5.41, 5.74) is 4.64. The van der Waals surface area contributed by atoms with Crippen molar-refractivity contribution >= 4 is 18.0 Å². The third-order valence-electron chi connectivity index (χ3n) is 6.96. The topological polar surface area (TPSA) is 132 Å². The highest BCUT2D eigenvalue weighted by molar-refractivity contribution is 5.90. The molecule has 0 aromatic rings. The molecule has 3 rings (SSSR count). The molecule has 0 aromatic heterocycles. The lowest BCUT2D eigenvalue weighted by atomic mass is 9.84. The Morgan fingerprint density at radius 1 is 1.17 bits per heavy atom. The van der Waals surface area contributed by atoms with E-state index in [2.05, 4.69) is 16.3 Å². The Bertz CT molecular complexity index is 843. The number of hydrazine groups is 2. The van der Waals surface area contributed by atoms with Crippen LogP contribution in [0.25, 0.3) is 0 Å². The molecule has 11 heteroatoms. The van der Waals surface area contributed by atoms with Gasteiger partial charge in [-0.2, -0.15) is 0 Å². The predicted molar refractivity (Wildman–Crippen MR) is 133 cm³/mol. The fraction of sp³-hybridized carbons (Fsp3) is 0.800. The van der Waals surface area contributed by atoms with Gasteiger partial charge in [0.2, 0.25) is 5.91 Å². The van der Waals surface area contributed by atoms with Crippen molar-refractivity contribution in [1.82, 2.24) is 26.2 Å². The first-order valence-electron chi connectivity index (χ1n) is 12.9. The van der Waals surface area contributed by atoms with Gasteiger partial charge < -0.3 is 30.2 Å². The molecule has 1 aliphatic carbocycles. The standard InChI is InChI=1S/C25H43N5O6/c1-24(2,3)36-23(33)27-18(12-16-10-8-7-9-11-16)21(31)29-15-17(13-19(29)22(32)35-6)30-20(14-26-28-30)25(4,5)34/h14,16-19,26,28,34H,7-13,15H2,1-6H3,(H,27,33)/t17-,18+,19-/m0/s1. The number of hydrogen-bond donors (Lipinski definition) is 4. The van der Waals surface area contributed by atoms with E-state index in [-0.39, 0.29) is 18.5 Å². The van der Waals surface area contributed by atoms with Crippen molar-refractivity contribution in [2.24, 2.45) is 5.92 Å². The molecule has 0 aromatic carbocycles. The molecule has 0 radical (unpaired) electrons. The number of nitrogens with one attached hydrogen (secondary N) is 3. The van der Waals surface area contributed by atoms with Gasteiger partial charge in [-0.15, -0.1) is 5.53 Å². The first-order valence-corrected chi connectivity index (χ1v) is 12.9. The van der Waals surface area contributed by atoms with Crippen molar-refractivity contribution in [3.63, 3.8) is 0 Å². The van der Waals surface area contributed by atoms with E-state index < -0.39 is 35.3 Å². The molecule has 0 bridgehead atoms. The zero-order valence-corrected chi connectivity index (χ0v) is 22.4. The Morgan fingerprint density at radius 3 is 2.42 bits per heavy atom. The van der Waals surface area contributed by atoms with Gasteiger partial charge in [0.1, 0.15) is 23.3 Å². The molecule has 2 heterocycles. The summed E-state index contributed by atoms with van der Waals surface area (Å²) in [5.74, 6) is -0.530. The highest BCUT2D eigenvalue weighted by atomic mass is 16.6. The van der Waals surface area contributed by atoms with Gasteiger partial charge >= 0.3 is 12.1 Å². The smallest absolute Gasteiger partial charge is 0.408 e. The number of nitrogens with zero attached hydrogens (tertiary/aromatic N) is 2. The number of carbonyl (C=O) groups is 3. The Kier molecular flexibility index (Phi) is 8.76. The second-order valence-electron chi connectivity index (χ2n) is 11.6. The summed E-state index contributed by atoms with van der Waals surface area (Å²) in [5, 5.41) is 15.1. The number of alkyl carbamates (subject to hydrolysis) is 1. The SMILES string of the molecule is COC(=O)[C@@H]1C[C@H](N2NNC=C2C(C)(C)O)CN1C(=O)[C@@H](CC1CCCCC1)NC(=O)OC(C)(C)C. The van der Waals surface area contributed by atoms with Crippen molar-refractivity contribution in [3.8, 4) is 0 Å². The van der Waals surface area contributed by atoms with Crippen LogP contribution in [0.15, 0.2) is 11.9 Å². The lowest BCUT2D eigenvalue weighted by Crippen LogP contribution is -2.54. The Morgan fingerprint density at radius 2 is 1.83 bits per heavy atom. The normalized spacial score (nSPS) is 24.1. The van der Waals surface area contributed by atoms with Crippen molar-refractivity contribution in [2.45, 2.75) is 109 Å². The summed E-state index contributed by atoms with van der Waals surface area (Å²) >= 11 is 0. The monoisotopic (exact) mass is 509 g/mol. The average molecular weight is 510 g/mol. The third kappa shape index (κ3) is 7.03. The van der Waals surface area contributed by atoms with Crippen LogP contribution < -0.4 is 16.3 Å². The fourth-order valence-corrected chi connectivity index (χ4v) is 5.29. The molecule has 204 valence electrons. The molecule has 36 heavy (non-hydrogen) atoms. The molecule has 0 unspecified atom stereocenters. The molecular weight excluding hydrogens is 466 g/mol. The van der Waals surface area contributed by atoms with Crippen molar-refractivity contribution < 1.29 is 29.0 Å². The highest BCUT2D eigenvalue weighted by Crippen LogP contribution is 2.32. The second kappa shape index (κ2) is 11.2. The zero-order valence-electron chi connectivity index (χ0n) is 22.4. The van der Waals surface area contributed by atoms with E-state index in [1.165, 1.54) is 18.4 Å². The molecule has 11 nitrogen and oxygen atoms in total. The molecule has 2 amide bonds. The predicted octanol–water partition coefficient (Wildman–Crippen LogP) is 1.93. The quantitative estimate of drug-likeness (QED) is 0.380. The van der Waals surface area contributed by atoms with Gasteiger partial charge in [-0.05, 0) is 47.0 Å². The molecule has 1 saturated heterocycles. The summed E-state index contributed by atoms with van der Waals surface area (Å²) in [6.45, 7) is 8.87. The maximum absolute atomic E-state index is 13.9. The number of methoxy groups -OCH3 is 1. The van der Waals surface area contributed by atoms with Crippen molar-refractivity contribution in [2.75, 3.05) is 13.7 Å². The van der Waals surface area contributed by atoms with Crippen molar-refractivity contribution in [1.29, 1.82) is 0 Å².